The molecule has 1 N–H and O–H groups in total. The molecule has 0 bridgehead atoms. The van der Waals surface area contributed by atoms with Crippen LogP contribution < -0.4 is 5.32 Å². The van der Waals surface area contributed by atoms with Crippen LogP contribution in [0.25, 0.3) is 0 Å². The Bertz CT molecular complexity index is 147. The minimum absolute atomic E-state index is 0.813. The van der Waals surface area contributed by atoms with Gasteiger partial charge in [0.2, 0.25) is 0 Å². The molecule has 1 aliphatic rings. The molecule has 15 heavy (non-hydrogen) atoms. The molecule has 1 saturated carbocycles. The second kappa shape index (κ2) is 8.43. The molecule has 0 spiro atoms. The highest BCUT2D eigenvalue weighted by atomic mass is 32.2. The van der Waals surface area contributed by atoms with Gasteiger partial charge in [0.1, 0.15) is 0 Å². The van der Waals surface area contributed by atoms with E-state index in [1.807, 2.05) is 11.8 Å². The molecule has 0 amide bonds. The van der Waals surface area contributed by atoms with Crippen LogP contribution in [0.4, 0.5) is 0 Å². The van der Waals surface area contributed by atoms with E-state index in [4.69, 9.17) is 0 Å². The third kappa shape index (κ3) is 6.44. The van der Waals surface area contributed by atoms with Crippen molar-refractivity contribution >= 4 is 11.8 Å². The predicted octanol–water partition coefficient (Wildman–Crippen LogP) is 2.20. The van der Waals surface area contributed by atoms with Crippen molar-refractivity contribution in [2.24, 2.45) is 0 Å². The van der Waals surface area contributed by atoms with E-state index in [0.29, 0.717) is 0 Å². The van der Waals surface area contributed by atoms with Gasteiger partial charge in [-0.2, -0.15) is 11.8 Å². The fraction of sp³-hybridized carbons (Fsp3) is 1.00. The van der Waals surface area contributed by atoms with E-state index in [1.54, 1.807) is 0 Å². The number of nitrogens with one attached hydrogen (secondary N) is 1. The van der Waals surface area contributed by atoms with Gasteiger partial charge < -0.3 is 10.2 Å². The van der Waals surface area contributed by atoms with Crippen molar-refractivity contribution in [1.29, 1.82) is 0 Å². The Morgan fingerprint density at radius 2 is 1.93 bits per heavy atom. The number of hydrogen-bond donors (Lipinski definition) is 1. The van der Waals surface area contributed by atoms with Gasteiger partial charge in [0.25, 0.3) is 0 Å². The minimum atomic E-state index is 0.813. The molecule has 0 aromatic carbocycles. The summed E-state index contributed by atoms with van der Waals surface area (Å²) in [4.78, 5) is 2.42. The van der Waals surface area contributed by atoms with Crippen LogP contribution in [-0.2, 0) is 0 Å². The number of thioether (sulfide) groups is 1. The van der Waals surface area contributed by atoms with Crippen LogP contribution in [0.5, 0.6) is 0 Å². The Kier molecular flexibility index (Phi) is 7.49. The van der Waals surface area contributed by atoms with Crippen LogP contribution in [-0.4, -0.2) is 49.6 Å². The summed E-state index contributed by atoms with van der Waals surface area (Å²) in [6.45, 7) is 3.57. The molecule has 0 saturated heterocycles. The Morgan fingerprint density at radius 1 is 1.20 bits per heavy atom. The molecular formula is C12H26N2S. The summed E-state index contributed by atoms with van der Waals surface area (Å²) < 4.78 is 0. The Morgan fingerprint density at radius 3 is 2.60 bits per heavy atom. The first-order valence-corrected chi connectivity index (χ1v) is 7.63. The van der Waals surface area contributed by atoms with E-state index >= 15 is 0 Å². The summed E-state index contributed by atoms with van der Waals surface area (Å²) in [7, 11) is 2.22. The van der Waals surface area contributed by atoms with Crippen molar-refractivity contribution in [1.82, 2.24) is 10.2 Å². The lowest BCUT2D eigenvalue weighted by molar-refractivity contribution is 0.318. The summed E-state index contributed by atoms with van der Waals surface area (Å²) in [5, 5.41) is 3.68. The topological polar surface area (TPSA) is 15.3 Å². The van der Waals surface area contributed by atoms with Crippen LogP contribution >= 0.6 is 11.8 Å². The highest BCUT2D eigenvalue weighted by molar-refractivity contribution is 7.98. The second-order valence-corrected chi connectivity index (χ2v) is 5.57. The molecule has 2 nitrogen and oxygen atoms in total. The molecule has 0 aromatic rings. The summed E-state index contributed by atoms with van der Waals surface area (Å²) in [5.41, 5.74) is 0. The molecule has 0 unspecified atom stereocenters. The van der Waals surface area contributed by atoms with Crippen molar-refractivity contribution in [3.05, 3.63) is 0 Å². The summed E-state index contributed by atoms with van der Waals surface area (Å²) in [6.07, 6.45) is 9.28. The smallest absolute Gasteiger partial charge is 0.0104 e. The van der Waals surface area contributed by atoms with Gasteiger partial charge in [0.15, 0.2) is 0 Å². The van der Waals surface area contributed by atoms with Gasteiger partial charge >= 0.3 is 0 Å². The molecule has 1 aliphatic carbocycles. The van der Waals surface area contributed by atoms with Gasteiger partial charge in [-0.15, -0.1) is 0 Å². The molecule has 0 aromatic heterocycles. The fourth-order valence-electron chi connectivity index (χ4n) is 2.13. The minimum Gasteiger partial charge on any atom is -0.313 e. The van der Waals surface area contributed by atoms with Gasteiger partial charge in [-0.25, -0.2) is 0 Å². The summed E-state index contributed by atoms with van der Waals surface area (Å²) >= 11 is 1.93. The van der Waals surface area contributed by atoms with Crippen LogP contribution in [0.3, 0.4) is 0 Å². The Labute approximate surface area is 99.2 Å². The van der Waals surface area contributed by atoms with E-state index in [1.165, 1.54) is 50.9 Å². The zero-order valence-corrected chi connectivity index (χ0v) is 11.1. The average molecular weight is 230 g/mol. The lowest BCUT2D eigenvalue weighted by Crippen LogP contribution is -2.37. The monoisotopic (exact) mass is 230 g/mol. The molecule has 0 atom stereocenters. The van der Waals surface area contributed by atoms with Crippen LogP contribution in [0.2, 0.25) is 0 Å². The molecular weight excluding hydrogens is 204 g/mol. The molecule has 0 aliphatic heterocycles. The standard InChI is InChI=1S/C12H26N2S/c1-14(10-11-15-2)9-8-13-12-6-4-3-5-7-12/h12-13H,3-11H2,1-2H3. The SMILES string of the molecule is CSCCN(C)CCNC1CCCCC1. The number of likely N-dealkylation sites (N-methyl/N-ethyl adjacent to an activating group) is 1. The third-order valence-electron chi connectivity index (χ3n) is 3.21. The zero-order chi connectivity index (χ0) is 10.9. The fourth-order valence-corrected chi connectivity index (χ4v) is 2.62. The van der Waals surface area contributed by atoms with E-state index in [9.17, 15) is 0 Å². The van der Waals surface area contributed by atoms with Crippen LogP contribution in [0.15, 0.2) is 0 Å². The molecule has 0 heterocycles. The van der Waals surface area contributed by atoms with Gasteiger partial charge in [-0.3, -0.25) is 0 Å². The highest BCUT2D eigenvalue weighted by Gasteiger charge is 2.11. The largest absolute Gasteiger partial charge is 0.313 e. The maximum absolute atomic E-state index is 3.68. The number of nitrogens with zero attached hydrogens (tertiary/aromatic N) is 1. The second-order valence-electron chi connectivity index (χ2n) is 4.59. The van der Waals surface area contributed by atoms with Crippen molar-refractivity contribution in [2.45, 2.75) is 38.1 Å². The van der Waals surface area contributed by atoms with Crippen LogP contribution in [0, 0.1) is 0 Å². The zero-order valence-electron chi connectivity index (χ0n) is 10.3. The van der Waals surface area contributed by atoms with Crippen molar-refractivity contribution in [3.8, 4) is 0 Å². The molecule has 1 rings (SSSR count). The maximum Gasteiger partial charge on any atom is 0.0104 e. The first-order valence-electron chi connectivity index (χ1n) is 6.24. The normalized spacial score (nSPS) is 18.6. The maximum atomic E-state index is 3.68. The Balaban J connectivity index is 1.94. The van der Waals surface area contributed by atoms with Gasteiger partial charge in [0.05, 0.1) is 0 Å². The summed E-state index contributed by atoms with van der Waals surface area (Å²) in [5.74, 6) is 1.25. The van der Waals surface area contributed by atoms with Crippen molar-refractivity contribution in [3.63, 3.8) is 0 Å². The van der Waals surface area contributed by atoms with Crippen LogP contribution in [0.1, 0.15) is 32.1 Å². The summed E-state index contributed by atoms with van der Waals surface area (Å²) in [6, 6.07) is 0.813. The van der Waals surface area contributed by atoms with E-state index in [2.05, 4.69) is 23.5 Å². The van der Waals surface area contributed by atoms with Gasteiger partial charge in [-0.1, -0.05) is 19.3 Å². The first kappa shape index (κ1) is 13.3. The lowest BCUT2D eigenvalue weighted by atomic mass is 9.95. The quantitative estimate of drug-likeness (QED) is 0.722. The highest BCUT2D eigenvalue weighted by Crippen LogP contribution is 2.16. The lowest BCUT2D eigenvalue weighted by Gasteiger charge is -2.24. The van der Waals surface area contributed by atoms with Gasteiger partial charge in [-0.05, 0) is 26.1 Å². The van der Waals surface area contributed by atoms with Gasteiger partial charge in [0, 0.05) is 31.4 Å². The Hall–Kier alpha value is 0.270. The van der Waals surface area contributed by atoms with Crippen molar-refractivity contribution in [2.75, 3.05) is 38.7 Å². The number of hydrogen-bond acceptors (Lipinski definition) is 3. The molecule has 1 fully saturated rings. The van der Waals surface area contributed by atoms with Crippen molar-refractivity contribution < 1.29 is 0 Å². The van der Waals surface area contributed by atoms with E-state index in [-0.39, 0.29) is 0 Å². The molecule has 90 valence electrons. The molecule has 3 heteroatoms. The van der Waals surface area contributed by atoms with E-state index in [0.717, 1.165) is 12.6 Å². The van der Waals surface area contributed by atoms with E-state index < -0.39 is 0 Å². The first-order chi connectivity index (χ1) is 7.33. The molecule has 0 radical (unpaired) electrons. The number of rotatable bonds is 7. The third-order valence-corrected chi connectivity index (χ3v) is 3.80. The predicted molar refractivity (Wildman–Crippen MR) is 70.8 cm³/mol. The average Bonchev–Trinajstić information content (AvgIpc) is 2.28.